The van der Waals surface area contributed by atoms with Gasteiger partial charge in [0.2, 0.25) is 5.95 Å². The SMILES string of the molecule is CNc1cc(C)c(N)c(F)n1. The number of rotatable bonds is 1. The zero-order valence-corrected chi connectivity index (χ0v) is 6.48. The molecule has 1 heterocycles. The maximum absolute atomic E-state index is 12.8. The van der Waals surface area contributed by atoms with Gasteiger partial charge in [0.15, 0.2) is 0 Å². The van der Waals surface area contributed by atoms with Crippen molar-refractivity contribution in [2.24, 2.45) is 0 Å². The zero-order chi connectivity index (χ0) is 8.43. The number of pyridine rings is 1. The maximum Gasteiger partial charge on any atom is 0.238 e. The van der Waals surface area contributed by atoms with Gasteiger partial charge >= 0.3 is 0 Å². The third-order valence-corrected chi connectivity index (χ3v) is 1.48. The Bertz CT molecular complexity index is 249. The molecule has 0 atom stereocenters. The molecular weight excluding hydrogens is 145 g/mol. The molecule has 0 bridgehead atoms. The Morgan fingerprint density at radius 2 is 2.27 bits per heavy atom. The molecule has 0 aromatic carbocycles. The molecule has 4 heteroatoms. The third-order valence-electron chi connectivity index (χ3n) is 1.48. The zero-order valence-electron chi connectivity index (χ0n) is 6.48. The van der Waals surface area contributed by atoms with Crippen LogP contribution >= 0.6 is 0 Å². The second-order valence-electron chi connectivity index (χ2n) is 2.28. The lowest BCUT2D eigenvalue weighted by Crippen LogP contribution is -2.01. The number of aromatic nitrogens is 1. The Labute approximate surface area is 64.4 Å². The monoisotopic (exact) mass is 155 g/mol. The average molecular weight is 155 g/mol. The topological polar surface area (TPSA) is 50.9 Å². The van der Waals surface area contributed by atoms with Gasteiger partial charge in [0.1, 0.15) is 5.82 Å². The molecule has 60 valence electrons. The van der Waals surface area contributed by atoms with Gasteiger partial charge in [-0.05, 0) is 18.6 Å². The van der Waals surface area contributed by atoms with Crippen LogP contribution in [0, 0.1) is 12.9 Å². The third kappa shape index (κ3) is 1.39. The second kappa shape index (κ2) is 2.74. The molecule has 0 amide bonds. The number of hydrogen-bond acceptors (Lipinski definition) is 3. The van der Waals surface area contributed by atoms with Gasteiger partial charge in [-0.1, -0.05) is 0 Å². The van der Waals surface area contributed by atoms with E-state index in [9.17, 15) is 4.39 Å². The van der Waals surface area contributed by atoms with Crippen molar-refractivity contribution in [3.8, 4) is 0 Å². The maximum atomic E-state index is 12.8. The fourth-order valence-corrected chi connectivity index (χ4v) is 0.772. The van der Waals surface area contributed by atoms with Crippen LogP contribution in [0.5, 0.6) is 0 Å². The van der Waals surface area contributed by atoms with Crippen LogP contribution in [0.25, 0.3) is 0 Å². The van der Waals surface area contributed by atoms with E-state index in [2.05, 4.69) is 10.3 Å². The number of nitrogen functional groups attached to an aromatic ring is 1. The summed E-state index contributed by atoms with van der Waals surface area (Å²) in [6.07, 6.45) is 0. The number of aryl methyl sites for hydroxylation is 1. The lowest BCUT2D eigenvalue weighted by Gasteiger charge is -2.03. The molecule has 1 aromatic heterocycles. The number of nitrogens with one attached hydrogen (secondary N) is 1. The lowest BCUT2D eigenvalue weighted by atomic mass is 10.2. The first-order valence-corrected chi connectivity index (χ1v) is 3.25. The van der Waals surface area contributed by atoms with E-state index in [1.54, 1.807) is 20.0 Å². The van der Waals surface area contributed by atoms with Crippen molar-refractivity contribution in [1.29, 1.82) is 0 Å². The highest BCUT2D eigenvalue weighted by atomic mass is 19.1. The fourth-order valence-electron chi connectivity index (χ4n) is 0.772. The Morgan fingerprint density at radius 3 is 2.73 bits per heavy atom. The van der Waals surface area contributed by atoms with Crippen LogP contribution in [0.1, 0.15) is 5.56 Å². The van der Waals surface area contributed by atoms with Crippen LogP contribution in [0.4, 0.5) is 15.9 Å². The minimum Gasteiger partial charge on any atom is -0.395 e. The molecule has 0 saturated heterocycles. The van der Waals surface area contributed by atoms with E-state index in [0.717, 1.165) is 0 Å². The standard InChI is InChI=1S/C7H10FN3/c1-4-3-5(10-2)11-7(8)6(4)9/h3H,9H2,1-2H3,(H,10,11). The summed E-state index contributed by atoms with van der Waals surface area (Å²) < 4.78 is 12.8. The van der Waals surface area contributed by atoms with E-state index >= 15 is 0 Å². The van der Waals surface area contributed by atoms with Crippen LogP contribution in [0.3, 0.4) is 0 Å². The van der Waals surface area contributed by atoms with Gasteiger partial charge in [0, 0.05) is 7.05 Å². The molecule has 3 N–H and O–H groups in total. The summed E-state index contributed by atoms with van der Waals surface area (Å²) in [4.78, 5) is 3.55. The highest BCUT2D eigenvalue weighted by Crippen LogP contribution is 2.16. The van der Waals surface area contributed by atoms with Gasteiger partial charge in [-0.25, -0.2) is 4.98 Å². The van der Waals surface area contributed by atoms with Crippen LogP contribution in [-0.4, -0.2) is 12.0 Å². The van der Waals surface area contributed by atoms with Crippen LogP contribution in [0.2, 0.25) is 0 Å². The minimum atomic E-state index is -0.616. The predicted molar refractivity (Wildman–Crippen MR) is 42.9 cm³/mol. The van der Waals surface area contributed by atoms with E-state index < -0.39 is 5.95 Å². The number of halogens is 1. The molecule has 11 heavy (non-hydrogen) atoms. The molecule has 3 nitrogen and oxygen atoms in total. The predicted octanol–water partition coefficient (Wildman–Crippen LogP) is 1.15. The molecule has 0 radical (unpaired) electrons. The molecule has 0 unspecified atom stereocenters. The number of anilines is 2. The van der Waals surface area contributed by atoms with Crippen LogP contribution in [-0.2, 0) is 0 Å². The fraction of sp³-hybridized carbons (Fsp3) is 0.286. The first-order chi connectivity index (χ1) is 5.15. The molecule has 0 aliphatic heterocycles. The molecule has 0 aliphatic rings. The van der Waals surface area contributed by atoms with Gasteiger partial charge in [-0.15, -0.1) is 0 Å². The van der Waals surface area contributed by atoms with Crippen LogP contribution in [0.15, 0.2) is 6.07 Å². The van der Waals surface area contributed by atoms with Crippen molar-refractivity contribution in [3.05, 3.63) is 17.6 Å². The van der Waals surface area contributed by atoms with Crippen molar-refractivity contribution in [2.45, 2.75) is 6.92 Å². The minimum absolute atomic E-state index is 0.115. The van der Waals surface area contributed by atoms with E-state index in [1.165, 1.54) is 0 Å². The van der Waals surface area contributed by atoms with Crippen LogP contribution < -0.4 is 11.1 Å². The lowest BCUT2D eigenvalue weighted by molar-refractivity contribution is 0.589. The molecule has 0 aliphatic carbocycles. The first-order valence-electron chi connectivity index (χ1n) is 3.25. The first kappa shape index (κ1) is 7.78. The molecule has 1 aromatic rings. The van der Waals surface area contributed by atoms with Gasteiger partial charge in [0.25, 0.3) is 0 Å². The number of nitrogens with zero attached hydrogens (tertiary/aromatic N) is 1. The summed E-state index contributed by atoms with van der Waals surface area (Å²) in [6, 6.07) is 1.69. The van der Waals surface area contributed by atoms with Gasteiger partial charge in [0.05, 0.1) is 5.69 Å². The van der Waals surface area contributed by atoms with Crippen molar-refractivity contribution in [3.63, 3.8) is 0 Å². The normalized spacial score (nSPS) is 9.73. The summed E-state index contributed by atoms with van der Waals surface area (Å²) in [7, 11) is 1.68. The van der Waals surface area contributed by atoms with Crippen molar-refractivity contribution >= 4 is 11.5 Å². The van der Waals surface area contributed by atoms with E-state index in [4.69, 9.17) is 5.73 Å². The van der Waals surface area contributed by atoms with Gasteiger partial charge in [-0.3, -0.25) is 0 Å². The molecule has 0 fully saturated rings. The molecule has 1 rings (SSSR count). The Hall–Kier alpha value is -1.32. The van der Waals surface area contributed by atoms with Crippen molar-refractivity contribution in [2.75, 3.05) is 18.1 Å². The highest BCUT2D eigenvalue weighted by Gasteiger charge is 2.04. The summed E-state index contributed by atoms with van der Waals surface area (Å²) in [5.41, 5.74) is 6.15. The van der Waals surface area contributed by atoms with Gasteiger partial charge < -0.3 is 11.1 Å². The smallest absolute Gasteiger partial charge is 0.238 e. The number of nitrogens with two attached hydrogens (primary N) is 1. The summed E-state index contributed by atoms with van der Waals surface area (Å²) in [6.45, 7) is 1.74. The summed E-state index contributed by atoms with van der Waals surface area (Å²) in [5.74, 6) is -0.122. The Kier molecular flexibility index (Phi) is 1.94. The van der Waals surface area contributed by atoms with E-state index in [1.807, 2.05) is 0 Å². The largest absolute Gasteiger partial charge is 0.395 e. The van der Waals surface area contributed by atoms with Crippen molar-refractivity contribution in [1.82, 2.24) is 4.98 Å². The number of hydrogen-bond donors (Lipinski definition) is 2. The highest BCUT2D eigenvalue weighted by molar-refractivity contribution is 5.51. The quantitative estimate of drug-likeness (QED) is 0.598. The summed E-state index contributed by atoms with van der Waals surface area (Å²) >= 11 is 0. The second-order valence-corrected chi connectivity index (χ2v) is 2.28. The van der Waals surface area contributed by atoms with Crippen molar-refractivity contribution < 1.29 is 4.39 Å². The van der Waals surface area contributed by atoms with Gasteiger partial charge in [-0.2, -0.15) is 4.39 Å². The van der Waals surface area contributed by atoms with E-state index in [0.29, 0.717) is 11.4 Å². The molecular formula is C7H10FN3. The summed E-state index contributed by atoms with van der Waals surface area (Å²) in [5, 5.41) is 2.73. The molecule has 0 saturated carbocycles. The molecule has 0 spiro atoms. The Morgan fingerprint density at radius 1 is 1.64 bits per heavy atom. The van der Waals surface area contributed by atoms with E-state index in [-0.39, 0.29) is 5.69 Å². The Balaban J connectivity index is 3.21. The average Bonchev–Trinajstić information content (AvgIpc) is 1.99.